The molecular formula is C20H21N3OSe. The summed E-state index contributed by atoms with van der Waals surface area (Å²) >= 11 is 0.200. The van der Waals surface area contributed by atoms with Gasteiger partial charge >= 0.3 is 154 Å². The quantitative estimate of drug-likeness (QED) is 0.685. The fraction of sp³-hybridized carbons (Fsp3) is 0.300. The maximum absolute atomic E-state index is 10.9. The van der Waals surface area contributed by atoms with E-state index in [2.05, 4.69) is 52.8 Å². The Labute approximate surface area is 154 Å². The number of aliphatic hydroxyl groups is 1. The molecule has 5 heteroatoms. The van der Waals surface area contributed by atoms with Crippen molar-refractivity contribution in [3.8, 4) is 5.69 Å². The van der Waals surface area contributed by atoms with Crippen molar-refractivity contribution in [2.75, 3.05) is 0 Å². The van der Waals surface area contributed by atoms with Crippen LogP contribution >= 0.6 is 0 Å². The second-order valence-electron chi connectivity index (χ2n) is 6.52. The molecule has 1 fully saturated rings. The van der Waals surface area contributed by atoms with Gasteiger partial charge in [0.2, 0.25) is 0 Å². The molecule has 1 aliphatic rings. The third kappa shape index (κ3) is 3.54. The molecule has 4 rings (SSSR count). The minimum absolute atomic E-state index is 0.200. The van der Waals surface area contributed by atoms with Crippen molar-refractivity contribution in [2.45, 2.75) is 37.7 Å². The van der Waals surface area contributed by atoms with Crippen molar-refractivity contribution in [1.82, 2.24) is 15.0 Å². The predicted molar refractivity (Wildman–Crippen MR) is 99.8 cm³/mol. The average molecular weight is 398 g/mol. The molecular weight excluding hydrogens is 377 g/mol. The van der Waals surface area contributed by atoms with E-state index in [-0.39, 0.29) is 15.0 Å². The van der Waals surface area contributed by atoms with E-state index in [1.54, 1.807) is 0 Å². The van der Waals surface area contributed by atoms with Gasteiger partial charge in [-0.05, 0) is 0 Å². The van der Waals surface area contributed by atoms with E-state index < -0.39 is 5.60 Å². The molecule has 1 aliphatic carbocycles. The monoisotopic (exact) mass is 399 g/mol. The van der Waals surface area contributed by atoms with Gasteiger partial charge in [-0.2, -0.15) is 0 Å². The van der Waals surface area contributed by atoms with E-state index in [9.17, 15) is 5.11 Å². The molecule has 0 saturated heterocycles. The first-order valence-electron chi connectivity index (χ1n) is 8.72. The van der Waals surface area contributed by atoms with E-state index >= 15 is 0 Å². The molecule has 1 aromatic heterocycles. The molecule has 2 aromatic carbocycles. The number of aromatic nitrogens is 3. The second kappa shape index (κ2) is 7.12. The zero-order chi connectivity index (χ0) is 17.1. The Bertz CT molecular complexity index is 841. The summed E-state index contributed by atoms with van der Waals surface area (Å²) in [7, 11) is 0. The molecule has 1 N–H and O–H groups in total. The van der Waals surface area contributed by atoms with Gasteiger partial charge in [0.15, 0.2) is 0 Å². The van der Waals surface area contributed by atoms with Crippen LogP contribution in [-0.2, 0) is 5.60 Å². The van der Waals surface area contributed by atoms with Gasteiger partial charge in [0, 0.05) is 0 Å². The van der Waals surface area contributed by atoms with Crippen molar-refractivity contribution in [3.05, 3.63) is 66.5 Å². The van der Waals surface area contributed by atoms with Gasteiger partial charge in [-0.15, -0.1) is 0 Å². The third-order valence-corrected chi connectivity index (χ3v) is 6.99. The summed E-state index contributed by atoms with van der Waals surface area (Å²) in [4.78, 5) is 0. The standard InChI is InChI=1S/C20H21N3OSe/c24-20(13-7-2-8-14-20)19-15-23(22-21-19)17-11-5-6-12-18(17)25-16-9-3-1-4-10-16/h1,3-6,9-12,15,24H,2,7-8,13-14H2. The average Bonchev–Trinajstić information content (AvgIpc) is 3.15. The molecule has 0 amide bonds. The molecule has 3 aromatic rings. The van der Waals surface area contributed by atoms with Crippen LogP contribution < -0.4 is 8.92 Å². The molecule has 0 radical (unpaired) electrons. The molecule has 0 bridgehead atoms. The summed E-state index contributed by atoms with van der Waals surface area (Å²) in [6.07, 6.45) is 6.76. The summed E-state index contributed by atoms with van der Waals surface area (Å²) in [6.45, 7) is 0. The molecule has 128 valence electrons. The topological polar surface area (TPSA) is 50.9 Å². The fourth-order valence-corrected chi connectivity index (χ4v) is 5.35. The number of hydrogen-bond donors (Lipinski definition) is 1. The minimum atomic E-state index is -0.810. The summed E-state index contributed by atoms with van der Waals surface area (Å²) in [5.74, 6) is 0. The van der Waals surface area contributed by atoms with Crippen LogP contribution in [-0.4, -0.2) is 35.1 Å². The van der Waals surface area contributed by atoms with E-state index in [1.165, 1.54) is 15.3 Å². The van der Waals surface area contributed by atoms with Crippen LogP contribution in [0.5, 0.6) is 0 Å². The number of nitrogens with zero attached hydrogens (tertiary/aromatic N) is 3. The van der Waals surface area contributed by atoms with Crippen molar-refractivity contribution in [3.63, 3.8) is 0 Å². The van der Waals surface area contributed by atoms with E-state index in [1.807, 2.05) is 23.0 Å². The van der Waals surface area contributed by atoms with Crippen LogP contribution in [0.2, 0.25) is 0 Å². The Kier molecular flexibility index (Phi) is 4.71. The van der Waals surface area contributed by atoms with Gasteiger partial charge in [-0.25, -0.2) is 0 Å². The van der Waals surface area contributed by atoms with Crippen LogP contribution in [0.3, 0.4) is 0 Å². The predicted octanol–water partition coefficient (Wildman–Crippen LogP) is 2.07. The van der Waals surface area contributed by atoms with Crippen LogP contribution in [0.25, 0.3) is 5.69 Å². The van der Waals surface area contributed by atoms with Crippen molar-refractivity contribution < 1.29 is 5.11 Å². The second-order valence-corrected chi connectivity index (χ2v) is 8.86. The molecule has 0 spiro atoms. The van der Waals surface area contributed by atoms with Gasteiger partial charge in [0.05, 0.1) is 0 Å². The maximum atomic E-state index is 10.9. The Balaban J connectivity index is 1.64. The normalized spacial score (nSPS) is 16.7. The van der Waals surface area contributed by atoms with E-state index in [0.29, 0.717) is 5.69 Å². The van der Waals surface area contributed by atoms with Gasteiger partial charge in [0.25, 0.3) is 0 Å². The van der Waals surface area contributed by atoms with Crippen LogP contribution in [0.1, 0.15) is 37.8 Å². The number of para-hydroxylation sites is 1. The number of rotatable bonds is 4. The Morgan fingerprint density at radius 3 is 2.44 bits per heavy atom. The van der Waals surface area contributed by atoms with Crippen molar-refractivity contribution in [2.24, 2.45) is 0 Å². The summed E-state index contributed by atoms with van der Waals surface area (Å²) in [5, 5.41) is 19.5. The number of hydrogen-bond acceptors (Lipinski definition) is 3. The van der Waals surface area contributed by atoms with Crippen LogP contribution in [0.4, 0.5) is 0 Å². The first-order chi connectivity index (χ1) is 12.2. The third-order valence-electron chi connectivity index (χ3n) is 4.73. The zero-order valence-corrected chi connectivity index (χ0v) is 15.7. The fourth-order valence-electron chi connectivity index (χ4n) is 3.34. The summed E-state index contributed by atoms with van der Waals surface area (Å²) in [6, 6.07) is 18.8. The first kappa shape index (κ1) is 16.5. The van der Waals surface area contributed by atoms with Gasteiger partial charge in [-0.1, -0.05) is 0 Å². The molecule has 1 saturated carbocycles. The molecule has 25 heavy (non-hydrogen) atoms. The SMILES string of the molecule is OC1(c2cn(-c3ccccc3[Se]c3ccccc3)nn2)CCCCC1. The molecule has 0 atom stereocenters. The van der Waals surface area contributed by atoms with Crippen LogP contribution in [0.15, 0.2) is 60.8 Å². The van der Waals surface area contributed by atoms with Gasteiger partial charge in [-0.3, -0.25) is 0 Å². The first-order valence-corrected chi connectivity index (χ1v) is 10.4. The van der Waals surface area contributed by atoms with Gasteiger partial charge < -0.3 is 0 Å². The van der Waals surface area contributed by atoms with E-state index in [0.717, 1.165) is 31.4 Å². The summed E-state index contributed by atoms with van der Waals surface area (Å²) in [5.41, 5.74) is 0.939. The Morgan fingerprint density at radius 2 is 1.64 bits per heavy atom. The van der Waals surface area contributed by atoms with Crippen LogP contribution in [0, 0.1) is 0 Å². The zero-order valence-electron chi connectivity index (χ0n) is 14.0. The molecule has 0 aliphatic heterocycles. The molecule has 4 nitrogen and oxygen atoms in total. The molecule has 1 heterocycles. The number of benzene rings is 2. The van der Waals surface area contributed by atoms with E-state index in [4.69, 9.17) is 0 Å². The Morgan fingerprint density at radius 1 is 0.920 bits per heavy atom. The molecule has 0 unspecified atom stereocenters. The summed E-state index contributed by atoms with van der Waals surface area (Å²) < 4.78 is 4.41. The van der Waals surface area contributed by atoms with Crippen molar-refractivity contribution >= 4 is 23.9 Å². The van der Waals surface area contributed by atoms with Crippen molar-refractivity contribution in [1.29, 1.82) is 0 Å². The van der Waals surface area contributed by atoms with Gasteiger partial charge in [0.1, 0.15) is 0 Å². The Hall–Kier alpha value is -1.94.